The number of unbranched alkanes of at least 4 members (excludes halogenated alkanes) is 2. The van der Waals surface area contributed by atoms with Gasteiger partial charge in [0.15, 0.2) is 0 Å². The van der Waals surface area contributed by atoms with E-state index in [2.05, 4.69) is 13.8 Å². The molecule has 1 atom stereocenters. The Morgan fingerprint density at radius 1 is 1.30 bits per heavy atom. The average molecular weight is 248 g/mol. The first-order valence-corrected chi connectivity index (χ1v) is 7.04. The van der Waals surface area contributed by atoms with Crippen molar-refractivity contribution in [2.45, 2.75) is 49.9 Å². The SMILES string of the molecule is CCCCC[CH](CC)[Sn]=[O]. The molecule has 1 unspecified atom stereocenters. The van der Waals surface area contributed by atoms with Gasteiger partial charge in [0, 0.05) is 0 Å². The zero-order valence-corrected chi connectivity index (χ0v) is 9.88. The molecule has 0 saturated heterocycles. The summed E-state index contributed by atoms with van der Waals surface area (Å²) in [5, 5.41) is 0. The third kappa shape index (κ3) is 5.39. The molecule has 2 heteroatoms. The van der Waals surface area contributed by atoms with Crippen molar-refractivity contribution in [1.29, 1.82) is 0 Å². The first kappa shape index (κ1) is 10.6. The molecule has 59 valence electrons. The second kappa shape index (κ2) is 7.70. The Morgan fingerprint density at radius 3 is 2.40 bits per heavy atom. The molecule has 0 amide bonds. The Hall–Kier alpha value is 0.599. The summed E-state index contributed by atoms with van der Waals surface area (Å²) < 4.78 is 11.2. The maximum atomic E-state index is 10.6. The van der Waals surface area contributed by atoms with Crippen molar-refractivity contribution in [3.8, 4) is 0 Å². The molecule has 10 heavy (non-hydrogen) atoms. The van der Waals surface area contributed by atoms with E-state index < -0.39 is 21.1 Å². The van der Waals surface area contributed by atoms with Gasteiger partial charge in [-0.25, -0.2) is 0 Å². The van der Waals surface area contributed by atoms with Gasteiger partial charge in [-0.05, 0) is 0 Å². The van der Waals surface area contributed by atoms with Gasteiger partial charge in [-0.15, -0.1) is 0 Å². The number of hydrogen-bond donors (Lipinski definition) is 0. The van der Waals surface area contributed by atoms with Crippen LogP contribution in [0.25, 0.3) is 0 Å². The van der Waals surface area contributed by atoms with Gasteiger partial charge in [-0.2, -0.15) is 0 Å². The van der Waals surface area contributed by atoms with E-state index in [-0.39, 0.29) is 0 Å². The Bertz CT molecular complexity index is 83.3. The second-order valence-electron chi connectivity index (χ2n) is 2.72. The van der Waals surface area contributed by atoms with Crippen LogP contribution in [0.15, 0.2) is 0 Å². The van der Waals surface area contributed by atoms with Crippen LogP contribution in [0.2, 0.25) is 3.93 Å². The van der Waals surface area contributed by atoms with Gasteiger partial charge in [0.25, 0.3) is 0 Å². The van der Waals surface area contributed by atoms with Crippen molar-refractivity contribution in [3.63, 3.8) is 0 Å². The minimum absolute atomic E-state index is 0.621. The molecule has 1 radical (unpaired) electrons. The Morgan fingerprint density at radius 2 is 2.00 bits per heavy atom. The monoisotopic (exact) mass is 249 g/mol. The molecule has 1 nitrogen and oxygen atoms in total. The van der Waals surface area contributed by atoms with Crippen LogP contribution in [0.1, 0.15) is 46.0 Å². The van der Waals surface area contributed by atoms with Crippen LogP contribution in [-0.4, -0.2) is 21.1 Å². The van der Waals surface area contributed by atoms with Gasteiger partial charge >= 0.3 is 74.1 Å². The molecule has 0 aromatic heterocycles. The Balaban J connectivity index is 3.17. The molecule has 0 spiro atoms. The number of hydrogen-bond acceptors (Lipinski definition) is 1. The molecule has 0 saturated carbocycles. The third-order valence-electron chi connectivity index (χ3n) is 1.82. The normalized spacial score (nSPS) is 13.0. The molecular weight excluding hydrogens is 231 g/mol. The maximum absolute atomic E-state index is 10.6. The van der Waals surface area contributed by atoms with Gasteiger partial charge in [-0.1, -0.05) is 0 Å². The van der Waals surface area contributed by atoms with Gasteiger partial charge in [0.1, 0.15) is 0 Å². The van der Waals surface area contributed by atoms with E-state index >= 15 is 0 Å². The fourth-order valence-electron chi connectivity index (χ4n) is 0.987. The molecular formula is C8H17OSn. The summed E-state index contributed by atoms with van der Waals surface area (Å²) in [4.78, 5) is 0. The molecule has 0 aliphatic rings. The van der Waals surface area contributed by atoms with E-state index in [0.29, 0.717) is 3.93 Å². The van der Waals surface area contributed by atoms with Crippen molar-refractivity contribution in [2.75, 3.05) is 0 Å². The van der Waals surface area contributed by atoms with Crippen LogP contribution in [-0.2, 0) is 3.08 Å². The first-order valence-electron chi connectivity index (χ1n) is 4.22. The van der Waals surface area contributed by atoms with Gasteiger partial charge in [0.2, 0.25) is 0 Å². The first-order chi connectivity index (χ1) is 4.85. The fraction of sp³-hybridized carbons (Fsp3) is 1.00. The van der Waals surface area contributed by atoms with E-state index in [1.807, 2.05) is 0 Å². The number of rotatable bonds is 6. The molecule has 0 aliphatic heterocycles. The fourth-order valence-corrected chi connectivity index (χ4v) is 2.38. The topological polar surface area (TPSA) is 17.1 Å². The van der Waals surface area contributed by atoms with E-state index in [1.165, 1.54) is 25.7 Å². The molecule has 0 aliphatic carbocycles. The quantitative estimate of drug-likeness (QED) is 0.521. The van der Waals surface area contributed by atoms with E-state index in [4.69, 9.17) is 0 Å². The predicted molar refractivity (Wildman–Crippen MR) is 44.6 cm³/mol. The van der Waals surface area contributed by atoms with Crippen LogP contribution >= 0.6 is 0 Å². The summed E-state index contributed by atoms with van der Waals surface area (Å²) in [6.07, 6.45) is 6.24. The van der Waals surface area contributed by atoms with Gasteiger partial charge in [0.05, 0.1) is 0 Å². The van der Waals surface area contributed by atoms with Crippen molar-refractivity contribution in [3.05, 3.63) is 0 Å². The van der Waals surface area contributed by atoms with E-state index in [9.17, 15) is 3.08 Å². The molecule has 0 aromatic rings. The summed E-state index contributed by atoms with van der Waals surface area (Å²) >= 11 is -1.19. The van der Waals surface area contributed by atoms with Crippen LogP contribution in [0.3, 0.4) is 0 Å². The van der Waals surface area contributed by atoms with E-state index in [1.54, 1.807) is 0 Å². The zero-order chi connectivity index (χ0) is 7.82. The minimum atomic E-state index is -1.19. The van der Waals surface area contributed by atoms with Crippen molar-refractivity contribution in [1.82, 2.24) is 0 Å². The summed E-state index contributed by atoms with van der Waals surface area (Å²) in [5.74, 6) is 0. The summed E-state index contributed by atoms with van der Waals surface area (Å²) in [6.45, 7) is 4.35. The molecule has 0 aromatic carbocycles. The molecule has 0 bridgehead atoms. The van der Waals surface area contributed by atoms with Gasteiger partial charge in [-0.3, -0.25) is 0 Å². The predicted octanol–water partition coefficient (Wildman–Crippen LogP) is 2.81. The molecule has 0 N–H and O–H groups in total. The van der Waals surface area contributed by atoms with Crippen LogP contribution in [0.4, 0.5) is 0 Å². The van der Waals surface area contributed by atoms with Crippen molar-refractivity contribution < 1.29 is 3.08 Å². The van der Waals surface area contributed by atoms with Crippen LogP contribution < -0.4 is 0 Å². The van der Waals surface area contributed by atoms with Crippen LogP contribution in [0, 0.1) is 0 Å². The van der Waals surface area contributed by atoms with Gasteiger partial charge < -0.3 is 0 Å². The van der Waals surface area contributed by atoms with Crippen molar-refractivity contribution in [2.24, 2.45) is 0 Å². The summed E-state index contributed by atoms with van der Waals surface area (Å²) in [6, 6.07) is 0. The Labute approximate surface area is 74.2 Å². The average Bonchev–Trinajstić information content (AvgIpc) is 1.99. The molecule has 0 fully saturated rings. The standard InChI is InChI=1S/C8H17.O.Sn/c1-3-5-7-8-6-4-2;;/h5H,3-4,6-8H2,1-2H3;;. The zero-order valence-electron chi connectivity index (χ0n) is 7.02. The third-order valence-corrected chi connectivity index (χ3v) is 4.76. The van der Waals surface area contributed by atoms with Crippen molar-refractivity contribution >= 4 is 21.1 Å². The van der Waals surface area contributed by atoms with E-state index in [0.717, 1.165) is 6.42 Å². The molecule has 0 rings (SSSR count). The molecule has 0 heterocycles. The van der Waals surface area contributed by atoms with Crippen LogP contribution in [0.5, 0.6) is 0 Å². The Kier molecular flexibility index (Phi) is 8.16. The second-order valence-corrected chi connectivity index (χ2v) is 5.72. The summed E-state index contributed by atoms with van der Waals surface area (Å²) in [7, 11) is 0. The summed E-state index contributed by atoms with van der Waals surface area (Å²) in [5.41, 5.74) is 0.